The molecule has 0 saturated carbocycles. The van der Waals surface area contributed by atoms with E-state index in [1.54, 1.807) is 19.2 Å². The van der Waals surface area contributed by atoms with E-state index < -0.39 is 0 Å². The van der Waals surface area contributed by atoms with Crippen molar-refractivity contribution in [1.82, 2.24) is 5.32 Å². The minimum Gasteiger partial charge on any atom is -0.496 e. The van der Waals surface area contributed by atoms with Crippen LogP contribution in [0.25, 0.3) is 0 Å². The van der Waals surface area contributed by atoms with Gasteiger partial charge in [0.2, 0.25) is 0 Å². The number of benzene rings is 1. The van der Waals surface area contributed by atoms with Crippen LogP contribution < -0.4 is 10.1 Å². The second kappa shape index (κ2) is 6.50. The van der Waals surface area contributed by atoms with Gasteiger partial charge >= 0.3 is 0 Å². The lowest BCUT2D eigenvalue weighted by atomic mass is 10.2. The lowest BCUT2D eigenvalue weighted by Crippen LogP contribution is -2.27. The zero-order chi connectivity index (χ0) is 12.0. The summed E-state index contributed by atoms with van der Waals surface area (Å²) in [4.78, 5) is 11.8. The molecule has 0 atom stereocenters. The summed E-state index contributed by atoms with van der Waals surface area (Å²) in [5, 5.41) is 2.74. The minimum absolute atomic E-state index is 0.171. The average molecular weight is 288 g/mol. The predicted molar refractivity (Wildman–Crippen MR) is 64.9 cm³/mol. The monoisotopic (exact) mass is 287 g/mol. The van der Waals surface area contributed by atoms with Gasteiger partial charge in [0, 0.05) is 18.1 Å². The van der Waals surface area contributed by atoms with Crippen LogP contribution in [0.5, 0.6) is 5.75 Å². The molecule has 5 heteroatoms. The van der Waals surface area contributed by atoms with Gasteiger partial charge in [-0.3, -0.25) is 4.79 Å². The van der Waals surface area contributed by atoms with Gasteiger partial charge in [0.1, 0.15) is 5.75 Å². The molecular formula is C11H14BrNO3. The third kappa shape index (κ3) is 3.50. The number of rotatable bonds is 5. The second-order valence-electron chi connectivity index (χ2n) is 3.09. The molecule has 0 fully saturated rings. The third-order valence-electron chi connectivity index (χ3n) is 2.00. The van der Waals surface area contributed by atoms with Gasteiger partial charge in [-0.1, -0.05) is 15.9 Å². The molecule has 4 nitrogen and oxygen atoms in total. The lowest BCUT2D eigenvalue weighted by Gasteiger charge is -2.09. The summed E-state index contributed by atoms with van der Waals surface area (Å²) in [5.41, 5.74) is 0.507. The number of halogens is 1. The Morgan fingerprint density at radius 2 is 2.19 bits per heavy atom. The highest BCUT2D eigenvalue weighted by Crippen LogP contribution is 2.22. The molecule has 1 aromatic carbocycles. The first-order chi connectivity index (χ1) is 7.69. The Kier molecular flexibility index (Phi) is 5.28. The molecule has 0 aliphatic heterocycles. The van der Waals surface area contributed by atoms with Crippen LogP contribution in [0, 0.1) is 0 Å². The van der Waals surface area contributed by atoms with Crippen LogP contribution in [0.4, 0.5) is 0 Å². The standard InChI is InChI=1S/C11H14BrNO3/c1-15-6-5-13-11(14)9-7-8(12)3-4-10(9)16-2/h3-4,7H,5-6H2,1-2H3,(H,13,14). The molecule has 16 heavy (non-hydrogen) atoms. The summed E-state index contributed by atoms with van der Waals surface area (Å²) in [6.07, 6.45) is 0. The molecule has 1 aromatic rings. The molecule has 0 radical (unpaired) electrons. The van der Waals surface area contributed by atoms with Crippen LogP contribution in [0.2, 0.25) is 0 Å². The molecule has 0 spiro atoms. The lowest BCUT2D eigenvalue weighted by molar-refractivity contribution is 0.0934. The summed E-state index contributed by atoms with van der Waals surface area (Å²) < 4.78 is 10.8. The average Bonchev–Trinajstić information content (AvgIpc) is 2.29. The van der Waals surface area contributed by atoms with Crippen molar-refractivity contribution in [2.75, 3.05) is 27.4 Å². The largest absolute Gasteiger partial charge is 0.496 e. The number of amides is 1. The highest BCUT2D eigenvalue weighted by atomic mass is 79.9. The van der Waals surface area contributed by atoms with Crippen molar-refractivity contribution in [3.8, 4) is 5.75 Å². The van der Waals surface area contributed by atoms with E-state index in [2.05, 4.69) is 21.2 Å². The molecule has 1 N–H and O–H groups in total. The predicted octanol–water partition coefficient (Wildman–Crippen LogP) is 1.83. The Labute approximate surface area is 103 Å². The van der Waals surface area contributed by atoms with Crippen molar-refractivity contribution in [2.24, 2.45) is 0 Å². The van der Waals surface area contributed by atoms with E-state index in [0.29, 0.717) is 24.5 Å². The van der Waals surface area contributed by atoms with E-state index in [-0.39, 0.29) is 5.91 Å². The Bertz CT molecular complexity index is 368. The first-order valence-corrected chi connectivity index (χ1v) is 5.59. The third-order valence-corrected chi connectivity index (χ3v) is 2.49. The normalized spacial score (nSPS) is 9.94. The number of methoxy groups -OCH3 is 2. The molecule has 0 saturated heterocycles. The first-order valence-electron chi connectivity index (χ1n) is 4.79. The SMILES string of the molecule is COCCNC(=O)c1cc(Br)ccc1OC. The smallest absolute Gasteiger partial charge is 0.255 e. The van der Waals surface area contributed by atoms with E-state index in [1.807, 2.05) is 6.07 Å². The summed E-state index contributed by atoms with van der Waals surface area (Å²) in [6, 6.07) is 5.29. The van der Waals surface area contributed by atoms with Crippen molar-refractivity contribution in [1.29, 1.82) is 0 Å². The Morgan fingerprint density at radius 3 is 2.81 bits per heavy atom. The van der Waals surface area contributed by atoms with E-state index in [4.69, 9.17) is 9.47 Å². The fourth-order valence-corrected chi connectivity index (χ4v) is 1.58. The van der Waals surface area contributed by atoms with E-state index in [9.17, 15) is 4.79 Å². The quantitative estimate of drug-likeness (QED) is 0.841. The molecule has 0 aromatic heterocycles. The fraction of sp³-hybridized carbons (Fsp3) is 0.364. The highest BCUT2D eigenvalue weighted by Gasteiger charge is 2.11. The molecule has 0 heterocycles. The molecule has 0 aliphatic carbocycles. The number of nitrogens with one attached hydrogen (secondary N) is 1. The maximum atomic E-state index is 11.8. The Balaban J connectivity index is 2.76. The molecule has 1 amide bonds. The van der Waals surface area contributed by atoms with Crippen molar-refractivity contribution >= 4 is 21.8 Å². The van der Waals surface area contributed by atoms with Gasteiger partial charge in [0.25, 0.3) is 5.91 Å². The number of hydrogen-bond donors (Lipinski definition) is 1. The summed E-state index contributed by atoms with van der Waals surface area (Å²) in [5.74, 6) is 0.383. The first kappa shape index (κ1) is 13.0. The minimum atomic E-state index is -0.171. The van der Waals surface area contributed by atoms with Crippen LogP contribution in [0.1, 0.15) is 10.4 Å². The van der Waals surface area contributed by atoms with Crippen LogP contribution in [0.3, 0.4) is 0 Å². The van der Waals surface area contributed by atoms with E-state index >= 15 is 0 Å². The van der Waals surface area contributed by atoms with Crippen molar-refractivity contribution in [3.05, 3.63) is 28.2 Å². The van der Waals surface area contributed by atoms with Crippen LogP contribution >= 0.6 is 15.9 Å². The van der Waals surface area contributed by atoms with Gasteiger partial charge in [0.15, 0.2) is 0 Å². The number of carbonyl (C=O) groups excluding carboxylic acids is 1. The number of hydrogen-bond acceptors (Lipinski definition) is 3. The summed E-state index contributed by atoms with van der Waals surface area (Å²) >= 11 is 3.32. The van der Waals surface area contributed by atoms with E-state index in [0.717, 1.165) is 4.47 Å². The molecule has 1 rings (SSSR count). The number of ether oxygens (including phenoxy) is 2. The number of carbonyl (C=O) groups is 1. The highest BCUT2D eigenvalue weighted by molar-refractivity contribution is 9.10. The molecule has 88 valence electrons. The van der Waals surface area contributed by atoms with Crippen molar-refractivity contribution in [3.63, 3.8) is 0 Å². The summed E-state index contributed by atoms with van der Waals surface area (Å²) in [6.45, 7) is 0.965. The van der Waals surface area contributed by atoms with Crippen LogP contribution in [-0.4, -0.2) is 33.3 Å². The molecule has 0 bridgehead atoms. The fourth-order valence-electron chi connectivity index (χ4n) is 1.22. The van der Waals surface area contributed by atoms with Crippen LogP contribution in [-0.2, 0) is 4.74 Å². The molecule has 0 aliphatic rings. The summed E-state index contributed by atoms with van der Waals surface area (Å²) in [7, 11) is 3.13. The van der Waals surface area contributed by atoms with Gasteiger partial charge < -0.3 is 14.8 Å². The van der Waals surface area contributed by atoms with Gasteiger partial charge in [-0.15, -0.1) is 0 Å². The van der Waals surface area contributed by atoms with Crippen molar-refractivity contribution < 1.29 is 14.3 Å². The Hall–Kier alpha value is -1.07. The maximum absolute atomic E-state index is 11.8. The zero-order valence-electron chi connectivity index (χ0n) is 9.25. The van der Waals surface area contributed by atoms with Crippen LogP contribution in [0.15, 0.2) is 22.7 Å². The Morgan fingerprint density at radius 1 is 1.44 bits per heavy atom. The van der Waals surface area contributed by atoms with Crippen molar-refractivity contribution in [2.45, 2.75) is 0 Å². The van der Waals surface area contributed by atoms with Gasteiger partial charge in [-0.2, -0.15) is 0 Å². The topological polar surface area (TPSA) is 47.6 Å². The van der Waals surface area contributed by atoms with Gasteiger partial charge in [0.05, 0.1) is 19.3 Å². The van der Waals surface area contributed by atoms with E-state index in [1.165, 1.54) is 7.11 Å². The molecule has 0 unspecified atom stereocenters. The van der Waals surface area contributed by atoms with Gasteiger partial charge in [-0.05, 0) is 18.2 Å². The maximum Gasteiger partial charge on any atom is 0.255 e. The van der Waals surface area contributed by atoms with Gasteiger partial charge in [-0.25, -0.2) is 0 Å². The second-order valence-corrected chi connectivity index (χ2v) is 4.01. The molecular weight excluding hydrogens is 274 g/mol. The zero-order valence-corrected chi connectivity index (χ0v) is 10.8.